The third kappa shape index (κ3) is 3.67. The van der Waals surface area contributed by atoms with Gasteiger partial charge in [-0.1, -0.05) is 36.4 Å². The van der Waals surface area contributed by atoms with Crippen molar-refractivity contribution in [3.63, 3.8) is 0 Å². The minimum Gasteiger partial charge on any atom is -0.353 e. The summed E-state index contributed by atoms with van der Waals surface area (Å²) in [6, 6.07) is 19.8. The molecule has 1 saturated heterocycles. The number of carbonyl (C=O) groups excluding carboxylic acids is 1. The van der Waals surface area contributed by atoms with Crippen molar-refractivity contribution in [1.29, 1.82) is 0 Å². The zero-order valence-electron chi connectivity index (χ0n) is 15.4. The number of rotatable bonds is 3. The number of nitrogens with zero attached hydrogens (tertiary/aromatic N) is 4. The molecule has 3 aromatic rings. The van der Waals surface area contributed by atoms with Crippen LogP contribution in [0.15, 0.2) is 66.9 Å². The number of hydrogen-bond donors (Lipinski definition) is 0. The Morgan fingerprint density at radius 3 is 2.30 bits per heavy atom. The van der Waals surface area contributed by atoms with E-state index in [1.165, 1.54) is 0 Å². The Balaban J connectivity index is 1.46. The van der Waals surface area contributed by atoms with Gasteiger partial charge in [-0.05, 0) is 31.2 Å². The lowest BCUT2D eigenvalue weighted by molar-refractivity contribution is 0.0745. The molecule has 1 fully saturated rings. The van der Waals surface area contributed by atoms with E-state index in [0.29, 0.717) is 18.7 Å². The van der Waals surface area contributed by atoms with Crippen molar-refractivity contribution < 1.29 is 4.79 Å². The summed E-state index contributed by atoms with van der Waals surface area (Å²) < 4.78 is 0. The molecule has 0 radical (unpaired) electrons. The molecule has 5 nitrogen and oxygen atoms in total. The molecular formula is C22H22N4O. The van der Waals surface area contributed by atoms with Crippen LogP contribution in [0.4, 0.5) is 5.82 Å². The van der Waals surface area contributed by atoms with Gasteiger partial charge >= 0.3 is 0 Å². The van der Waals surface area contributed by atoms with E-state index < -0.39 is 0 Å². The number of pyridine rings is 2. The van der Waals surface area contributed by atoms with Gasteiger partial charge in [0.15, 0.2) is 0 Å². The second kappa shape index (κ2) is 7.58. The smallest absolute Gasteiger partial charge is 0.255 e. The highest BCUT2D eigenvalue weighted by Crippen LogP contribution is 2.20. The summed E-state index contributed by atoms with van der Waals surface area (Å²) in [5.74, 6) is 1.02. The van der Waals surface area contributed by atoms with E-state index >= 15 is 0 Å². The third-order valence-corrected chi connectivity index (χ3v) is 4.93. The van der Waals surface area contributed by atoms with Gasteiger partial charge in [0.25, 0.3) is 5.91 Å². The first-order chi connectivity index (χ1) is 13.2. The largest absolute Gasteiger partial charge is 0.353 e. The Morgan fingerprint density at radius 2 is 1.63 bits per heavy atom. The number of benzene rings is 1. The maximum Gasteiger partial charge on any atom is 0.255 e. The lowest BCUT2D eigenvalue weighted by atomic mass is 10.1. The summed E-state index contributed by atoms with van der Waals surface area (Å²) in [7, 11) is 0. The second-order valence-corrected chi connectivity index (χ2v) is 6.66. The minimum absolute atomic E-state index is 0.0558. The van der Waals surface area contributed by atoms with Crippen LogP contribution >= 0.6 is 0 Å². The molecule has 1 aliphatic heterocycles. The van der Waals surface area contributed by atoms with Crippen LogP contribution in [0.3, 0.4) is 0 Å². The molecule has 0 bridgehead atoms. The molecule has 5 heteroatoms. The van der Waals surface area contributed by atoms with E-state index in [0.717, 1.165) is 35.9 Å². The zero-order chi connectivity index (χ0) is 18.6. The third-order valence-electron chi connectivity index (χ3n) is 4.93. The minimum atomic E-state index is 0.0558. The first-order valence-electron chi connectivity index (χ1n) is 9.21. The molecule has 0 unspecified atom stereocenters. The highest BCUT2D eigenvalue weighted by molar-refractivity contribution is 5.95. The molecule has 27 heavy (non-hydrogen) atoms. The number of piperazine rings is 1. The van der Waals surface area contributed by atoms with Crippen molar-refractivity contribution in [2.45, 2.75) is 6.92 Å². The number of carbonyl (C=O) groups is 1. The Morgan fingerprint density at radius 1 is 0.889 bits per heavy atom. The van der Waals surface area contributed by atoms with E-state index in [9.17, 15) is 4.79 Å². The molecule has 1 aromatic carbocycles. The highest BCUT2D eigenvalue weighted by atomic mass is 16.2. The standard InChI is InChI=1S/C22H22N4O/c1-17-19(10-11-20(24-17)18-7-3-2-4-8-18)22(27)26-15-13-25(14-16-26)21-9-5-6-12-23-21/h2-12H,13-16H2,1H3. The summed E-state index contributed by atoms with van der Waals surface area (Å²) in [5, 5.41) is 0. The van der Waals surface area contributed by atoms with E-state index in [-0.39, 0.29) is 5.91 Å². The Bertz CT molecular complexity index is 920. The Hall–Kier alpha value is -3.21. The van der Waals surface area contributed by atoms with Gasteiger partial charge in [-0.15, -0.1) is 0 Å². The van der Waals surface area contributed by atoms with Crippen LogP contribution in [-0.4, -0.2) is 47.0 Å². The zero-order valence-corrected chi connectivity index (χ0v) is 15.4. The fraction of sp³-hybridized carbons (Fsp3) is 0.227. The highest BCUT2D eigenvalue weighted by Gasteiger charge is 2.24. The first-order valence-corrected chi connectivity index (χ1v) is 9.21. The summed E-state index contributed by atoms with van der Waals surface area (Å²) in [5.41, 5.74) is 3.41. The quantitative estimate of drug-likeness (QED) is 0.720. The maximum absolute atomic E-state index is 13.0. The van der Waals surface area contributed by atoms with Gasteiger partial charge in [-0.25, -0.2) is 4.98 Å². The molecule has 136 valence electrons. The fourth-order valence-corrected chi connectivity index (χ4v) is 3.41. The first kappa shape index (κ1) is 17.2. The number of aryl methyl sites for hydroxylation is 1. The second-order valence-electron chi connectivity index (χ2n) is 6.66. The molecule has 1 amide bonds. The van der Waals surface area contributed by atoms with Gasteiger partial charge in [0.05, 0.1) is 17.0 Å². The lowest BCUT2D eigenvalue weighted by Crippen LogP contribution is -2.49. The summed E-state index contributed by atoms with van der Waals surface area (Å²) in [6.07, 6.45) is 1.80. The van der Waals surface area contributed by atoms with Crippen LogP contribution in [0.2, 0.25) is 0 Å². The van der Waals surface area contributed by atoms with Crippen molar-refractivity contribution in [2.24, 2.45) is 0 Å². The molecule has 0 saturated carbocycles. The van der Waals surface area contributed by atoms with Gasteiger partial charge in [0, 0.05) is 37.9 Å². The van der Waals surface area contributed by atoms with Gasteiger partial charge in [0.1, 0.15) is 5.82 Å². The van der Waals surface area contributed by atoms with Gasteiger partial charge < -0.3 is 9.80 Å². The van der Waals surface area contributed by atoms with E-state index in [2.05, 4.69) is 14.9 Å². The fourth-order valence-electron chi connectivity index (χ4n) is 3.41. The van der Waals surface area contributed by atoms with Crippen molar-refractivity contribution in [1.82, 2.24) is 14.9 Å². The number of hydrogen-bond acceptors (Lipinski definition) is 4. The Kier molecular flexibility index (Phi) is 4.83. The van der Waals surface area contributed by atoms with E-state index in [1.807, 2.05) is 72.5 Å². The number of anilines is 1. The van der Waals surface area contributed by atoms with Crippen LogP contribution in [0.25, 0.3) is 11.3 Å². The van der Waals surface area contributed by atoms with E-state index in [1.54, 1.807) is 6.20 Å². The van der Waals surface area contributed by atoms with Crippen molar-refractivity contribution in [3.05, 3.63) is 78.1 Å². The average molecular weight is 358 g/mol. The predicted octanol–water partition coefficient (Wildman–Crippen LogP) is 3.41. The monoisotopic (exact) mass is 358 g/mol. The van der Waals surface area contributed by atoms with Gasteiger partial charge in [-0.2, -0.15) is 0 Å². The maximum atomic E-state index is 13.0. The van der Waals surface area contributed by atoms with Gasteiger partial charge in [-0.3, -0.25) is 9.78 Å². The normalized spacial score (nSPS) is 14.3. The molecule has 2 aromatic heterocycles. The molecule has 4 rings (SSSR count). The van der Waals surface area contributed by atoms with Crippen LogP contribution in [0.1, 0.15) is 16.1 Å². The summed E-state index contributed by atoms with van der Waals surface area (Å²) >= 11 is 0. The van der Waals surface area contributed by atoms with Gasteiger partial charge in [0.2, 0.25) is 0 Å². The number of amides is 1. The molecule has 0 aliphatic carbocycles. The van der Waals surface area contributed by atoms with Crippen LogP contribution < -0.4 is 4.90 Å². The number of aromatic nitrogens is 2. The lowest BCUT2D eigenvalue weighted by Gasteiger charge is -2.35. The summed E-state index contributed by atoms with van der Waals surface area (Å²) in [6.45, 7) is 4.86. The topological polar surface area (TPSA) is 49.3 Å². The average Bonchev–Trinajstić information content (AvgIpc) is 2.74. The summed E-state index contributed by atoms with van der Waals surface area (Å²) in [4.78, 5) is 26.1. The predicted molar refractivity (Wildman–Crippen MR) is 107 cm³/mol. The van der Waals surface area contributed by atoms with Crippen LogP contribution in [0, 0.1) is 6.92 Å². The molecular weight excluding hydrogens is 336 g/mol. The van der Waals surface area contributed by atoms with Crippen molar-refractivity contribution in [2.75, 3.05) is 31.1 Å². The van der Waals surface area contributed by atoms with Crippen LogP contribution in [0.5, 0.6) is 0 Å². The molecule has 0 atom stereocenters. The SMILES string of the molecule is Cc1nc(-c2ccccc2)ccc1C(=O)N1CCN(c2ccccn2)CC1. The molecule has 3 heterocycles. The van der Waals surface area contributed by atoms with E-state index in [4.69, 9.17) is 0 Å². The van der Waals surface area contributed by atoms with Crippen LogP contribution in [-0.2, 0) is 0 Å². The molecule has 1 aliphatic rings. The van der Waals surface area contributed by atoms with Crippen molar-refractivity contribution in [3.8, 4) is 11.3 Å². The Labute approximate surface area is 159 Å². The molecule has 0 N–H and O–H groups in total. The van der Waals surface area contributed by atoms with Crippen molar-refractivity contribution >= 4 is 11.7 Å². The molecule has 0 spiro atoms.